The first-order chi connectivity index (χ1) is 17.7. The highest BCUT2D eigenvalue weighted by Crippen LogP contribution is 2.26. The van der Waals surface area contributed by atoms with Gasteiger partial charge in [0.15, 0.2) is 11.5 Å². The summed E-state index contributed by atoms with van der Waals surface area (Å²) in [5.41, 5.74) is 3.05. The highest BCUT2D eigenvalue weighted by molar-refractivity contribution is 5.97. The van der Waals surface area contributed by atoms with Gasteiger partial charge in [-0.2, -0.15) is 0 Å². The van der Waals surface area contributed by atoms with E-state index < -0.39 is 0 Å². The molecule has 8 nitrogen and oxygen atoms in total. The molecular formula is C28H29N5O3. The molecule has 6 rings (SSSR count). The Balaban J connectivity index is 1.06. The lowest BCUT2D eigenvalue weighted by Gasteiger charge is -2.48. The summed E-state index contributed by atoms with van der Waals surface area (Å²) in [6.07, 6.45) is 2.37. The summed E-state index contributed by atoms with van der Waals surface area (Å²) in [4.78, 5) is 29.0. The van der Waals surface area contributed by atoms with Gasteiger partial charge in [0.1, 0.15) is 17.1 Å². The number of oxazole rings is 1. The molecule has 2 aromatic heterocycles. The van der Waals surface area contributed by atoms with Crippen LogP contribution >= 0.6 is 0 Å². The molecule has 0 spiro atoms. The van der Waals surface area contributed by atoms with Gasteiger partial charge in [0.05, 0.1) is 13.5 Å². The number of hydrogen-bond acceptors (Lipinski definition) is 7. The lowest BCUT2D eigenvalue weighted by Crippen LogP contribution is -2.64. The second kappa shape index (κ2) is 9.62. The van der Waals surface area contributed by atoms with Gasteiger partial charge in [-0.25, -0.2) is 9.97 Å². The number of rotatable bonds is 6. The molecule has 2 aromatic carbocycles. The highest BCUT2D eigenvalue weighted by Gasteiger charge is 2.36. The van der Waals surface area contributed by atoms with Gasteiger partial charge in [-0.1, -0.05) is 24.3 Å². The van der Waals surface area contributed by atoms with Gasteiger partial charge >= 0.3 is 0 Å². The van der Waals surface area contributed by atoms with Crippen LogP contribution in [0.1, 0.15) is 21.8 Å². The first kappa shape index (κ1) is 22.5. The molecule has 0 saturated carbocycles. The minimum atomic E-state index is 0.0505. The largest absolute Gasteiger partial charge is 0.496 e. The van der Waals surface area contributed by atoms with E-state index in [2.05, 4.69) is 25.8 Å². The van der Waals surface area contributed by atoms with Crippen molar-refractivity contribution >= 4 is 22.8 Å². The fourth-order valence-corrected chi connectivity index (χ4v) is 5.09. The Hall–Kier alpha value is -3.91. The summed E-state index contributed by atoms with van der Waals surface area (Å²) in [5.74, 6) is 2.50. The molecule has 0 bridgehead atoms. The van der Waals surface area contributed by atoms with Gasteiger partial charge in [-0.05, 0) is 36.4 Å². The third kappa shape index (κ3) is 4.40. The molecule has 2 aliphatic heterocycles. The van der Waals surface area contributed by atoms with E-state index in [1.807, 2.05) is 65.7 Å². The lowest BCUT2D eigenvalue weighted by atomic mass is 10.0. The Kier molecular flexibility index (Phi) is 6.03. The second-order valence-electron chi connectivity index (χ2n) is 9.35. The van der Waals surface area contributed by atoms with Crippen LogP contribution in [0, 0.1) is 0 Å². The number of amides is 1. The number of benzene rings is 2. The molecule has 36 heavy (non-hydrogen) atoms. The average molecular weight is 484 g/mol. The van der Waals surface area contributed by atoms with Crippen molar-refractivity contribution in [3.05, 3.63) is 83.9 Å². The third-order valence-corrected chi connectivity index (χ3v) is 7.17. The molecule has 1 amide bonds. The van der Waals surface area contributed by atoms with E-state index in [0.29, 0.717) is 35.0 Å². The van der Waals surface area contributed by atoms with Crippen molar-refractivity contribution in [2.75, 3.05) is 51.3 Å². The number of piperazine rings is 1. The molecule has 184 valence electrons. The second-order valence-corrected chi connectivity index (χ2v) is 9.35. The van der Waals surface area contributed by atoms with Crippen LogP contribution < -0.4 is 9.64 Å². The van der Waals surface area contributed by atoms with Crippen LogP contribution in [0.15, 0.2) is 71.3 Å². The monoisotopic (exact) mass is 483 g/mol. The number of anilines is 1. The number of likely N-dealkylation sites (tertiary alicyclic amines) is 1. The van der Waals surface area contributed by atoms with E-state index >= 15 is 0 Å². The number of aromatic nitrogens is 2. The summed E-state index contributed by atoms with van der Waals surface area (Å²) in [5, 5.41) is 0. The molecule has 2 fully saturated rings. The fourth-order valence-electron chi connectivity index (χ4n) is 5.09. The van der Waals surface area contributed by atoms with Crippen LogP contribution in [-0.4, -0.2) is 78.1 Å². The first-order valence-corrected chi connectivity index (χ1v) is 12.4. The van der Waals surface area contributed by atoms with Crippen LogP contribution in [0.3, 0.4) is 0 Å². The van der Waals surface area contributed by atoms with Gasteiger partial charge in [0.25, 0.3) is 5.91 Å². The van der Waals surface area contributed by atoms with Crippen molar-refractivity contribution < 1.29 is 13.9 Å². The number of ether oxygens (including phenoxy) is 1. The Bertz CT molecular complexity index is 1360. The minimum Gasteiger partial charge on any atom is -0.496 e. The van der Waals surface area contributed by atoms with Gasteiger partial charge in [-0.15, -0.1) is 0 Å². The van der Waals surface area contributed by atoms with E-state index in [9.17, 15) is 4.79 Å². The number of carbonyl (C=O) groups excluding carboxylic acids is 1. The average Bonchev–Trinajstić information content (AvgIpc) is 3.30. The maximum Gasteiger partial charge on any atom is 0.254 e. The summed E-state index contributed by atoms with van der Waals surface area (Å²) >= 11 is 0. The zero-order chi connectivity index (χ0) is 24.5. The number of methoxy groups -OCH3 is 1. The van der Waals surface area contributed by atoms with E-state index in [0.717, 1.165) is 56.4 Å². The fraction of sp³-hybridized carbons (Fsp3) is 0.321. The first-order valence-electron chi connectivity index (χ1n) is 12.4. The van der Waals surface area contributed by atoms with Crippen molar-refractivity contribution in [1.29, 1.82) is 0 Å². The Morgan fingerprint density at radius 1 is 1.03 bits per heavy atom. The molecule has 8 heteroatoms. The van der Waals surface area contributed by atoms with Crippen LogP contribution in [-0.2, 0) is 6.42 Å². The normalized spacial score (nSPS) is 16.8. The van der Waals surface area contributed by atoms with E-state index in [1.165, 1.54) is 0 Å². The summed E-state index contributed by atoms with van der Waals surface area (Å²) in [6.45, 7) is 5.42. The van der Waals surface area contributed by atoms with Crippen molar-refractivity contribution in [3.8, 4) is 5.75 Å². The van der Waals surface area contributed by atoms with Crippen molar-refractivity contribution in [2.45, 2.75) is 12.5 Å². The molecule has 4 aromatic rings. The summed E-state index contributed by atoms with van der Waals surface area (Å²) in [7, 11) is 1.66. The SMILES string of the molecule is COc1ccccc1Cc1nc2cc(C(=O)N3CC(N4CCN(c5ccccn5)CC4)C3)ccc2o1. The summed E-state index contributed by atoms with van der Waals surface area (Å²) in [6, 6.07) is 19.8. The number of carbonyl (C=O) groups is 1. The number of hydrogen-bond donors (Lipinski definition) is 0. The molecule has 0 N–H and O–H groups in total. The maximum atomic E-state index is 13.1. The number of fused-ring (bicyclic) bond motifs is 1. The molecule has 0 aliphatic carbocycles. The Morgan fingerprint density at radius 2 is 1.83 bits per heavy atom. The topological polar surface area (TPSA) is 74.9 Å². The van der Waals surface area contributed by atoms with Gasteiger partial charge in [0, 0.05) is 62.6 Å². The standard InChI is InChI=1S/C28H29N5O3/c1-35-24-7-3-2-6-20(24)17-27-30-23-16-21(9-10-25(23)36-27)28(34)33-18-22(19-33)31-12-14-32(15-13-31)26-8-4-5-11-29-26/h2-11,16,22H,12-15,17-19H2,1H3. The van der Waals surface area contributed by atoms with Gasteiger partial charge in [0.2, 0.25) is 0 Å². The summed E-state index contributed by atoms with van der Waals surface area (Å²) < 4.78 is 11.4. The van der Waals surface area contributed by atoms with Crippen LogP contribution in [0.25, 0.3) is 11.1 Å². The smallest absolute Gasteiger partial charge is 0.254 e. The lowest BCUT2D eigenvalue weighted by molar-refractivity contribution is 0.0246. The van der Waals surface area contributed by atoms with E-state index in [1.54, 1.807) is 7.11 Å². The molecule has 2 saturated heterocycles. The van der Waals surface area contributed by atoms with Crippen molar-refractivity contribution in [2.24, 2.45) is 0 Å². The van der Waals surface area contributed by atoms with Crippen LogP contribution in [0.5, 0.6) is 5.75 Å². The predicted octanol–water partition coefficient (Wildman–Crippen LogP) is 3.47. The quantitative estimate of drug-likeness (QED) is 0.416. The van der Waals surface area contributed by atoms with Gasteiger partial charge in [-0.3, -0.25) is 9.69 Å². The third-order valence-electron chi connectivity index (χ3n) is 7.17. The number of para-hydroxylation sites is 1. The van der Waals surface area contributed by atoms with E-state index in [-0.39, 0.29) is 5.91 Å². The van der Waals surface area contributed by atoms with Crippen molar-refractivity contribution in [3.63, 3.8) is 0 Å². The minimum absolute atomic E-state index is 0.0505. The van der Waals surface area contributed by atoms with E-state index in [4.69, 9.17) is 9.15 Å². The highest BCUT2D eigenvalue weighted by atomic mass is 16.5. The molecule has 0 unspecified atom stereocenters. The Labute approximate surface area is 210 Å². The molecule has 0 atom stereocenters. The number of nitrogens with zero attached hydrogens (tertiary/aromatic N) is 5. The maximum absolute atomic E-state index is 13.1. The van der Waals surface area contributed by atoms with Crippen LogP contribution in [0.2, 0.25) is 0 Å². The van der Waals surface area contributed by atoms with Crippen molar-refractivity contribution in [1.82, 2.24) is 19.8 Å². The zero-order valence-electron chi connectivity index (χ0n) is 20.3. The molecule has 2 aliphatic rings. The van der Waals surface area contributed by atoms with Gasteiger partial charge < -0.3 is 19.0 Å². The number of pyridine rings is 1. The molecular weight excluding hydrogens is 454 g/mol. The molecule has 0 radical (unpaired) electrons. The van der Waals surface area contributed by atoms with Crippen LogP contribution in [0.4, 0.5) is 5.82 Å². The molecule has 4 heterocycles. The zero-order valence-corrected chi connectivity index (χ0v) is 20.3. The Morgan fingerprint density at radius 3 is 2.61 bits per heavy atom. The predicted molar refractivity (Wildman–Crippen MR) is 138 cm³/mol.